The van der Waals surface area contributed by atoms with Gasteiger partial charge in [0, 0.05) is 22.8 Å². The normalized spacial score (nSPS) is 16.0. The number of anilines is 2. The Morgan fingerprint density at radius 2 is 2.04 bits per heavy atom. The number of rotatable bonds is 6. The van der Waals surface area contributed by atoms with E-state index >= 15 is 0 Å². The zero-order chi connectivity index (χ0) is 18.5. The molecule has 0 aromatic heterocycles. The molecule has 0 spiro atoms. The summed E-state index contributed by atoms with van der Waals surface area (Å²) in [5, 5.41) is 3.45. The molecule has 3 rings (SSSR count). The van der Waals surface area contributed by atoms with Crippen molar-refractivity contribution in [1.29, 1.82) is 0 Å². The van der Waals surface area contributed by atoms with E-state index in [1.165, 1.54) is 4.90 Å². The molecular weight excluding hydrogens is 348 g/mol. The maximum Gasteiger partial charge on any atom is 0.243 e. The minimum atomic E-state index is -0.0648. The fraction of sp³-hybridized carbons (Fsp3) is 0.350. The van der Waals surface area contributed by atoms with Gasteiger partial charge in [-0.05, 0) is 30.7 Å². The number of methoxy groups -OCH3 is 2. The summed E-state index contributed by atoms with van der Waals surface area (Å²) >= 11 is 1.89. The molecule has 2 aromatic rings. The molecule has 2 aromatic carbocycles. The third-order valence-electron chi connectivity index (χ3n) is 4.40. The lowest BCUT2D eigenvalue weighted by Gasteiger charge is -2.34. The van der Waals surface area contributed by atoms with E-state index in [2.05, 4.69) is 29.3 Å². The second-order valence-electron chi connectivity index (χ2n) is 6.11. The number of nitrogens with one attached hydrogen (secondary N) is 1. The number of amides is 1. The van der Waals surface area contributed by atoms with Crippen molar-refractivity contribution in [2.45, 2.75) is 23.5 Å². The largest absolute Gasteiger partial charge is 0.497 e. The summed E-state index contributed by atoms with van der Waals surface area (Å²) in [6.45, 7) is 3.36. The zero-order valence-electron chi connectivity index (χ0n) is 15.3. The molecule has 1 aliphatic rings. The smallest absolute Gasteiger partial charge is 0.243 e. The van der Waals surface area contributed by atoms with Crippen molar-refractivity contribution in [2.24, 2.45) is 0 Å². The minimum Gasteiger partial charge on any atom is -0.497 e. The molecule has 0 unspecified atom stereocenters. The van der Waals surface area contributed by atoms with Crippen molar-refractivity contribution < 1.29 is 14.3 Å². The number of para-hydroxylation sites is 1. The predicted molar refractivity (Wildman–Crippen MR) is 107 cm³/mol. The number of nitrogens with zero attached hydrogens (tertiary/aromatic N) is 1. The van der Waals surface area contributed by atoms with E-state index in [0.29, 0.717) is 29.0 Å². The van der Waals surface area contributed by atoms with Crippen LogP contribution in [0, 0.1) is 0 Å². The molecule has 0 aliphatic carbocycles. The second kappa shape index (κ2) is 8.36. The van der Waals surface area contributed by atoms with Gasteiger partial charge in [0.25, 0.3) is 0 Å². The Bertz CT molecular complexity index is 781. The highest BCUT2D eigenvalue weighted by molar-refractivity contribution is 8.00. The molecule has 6 heteroatoms. The summed E-state index contributed by atoms with van der Waals surface area (Å²) in [6.07, 6.45) is 1.07. The molecule has 0 saturated heterocycles. The van der Waals surface area contributed by atoms with Gasteiger partial charge in [-0.3, -0.25) is 4.79 Å². The van der Waals surface area contributed by atoms with Crippen LogP contribution in [0.15, 0.2) is 47.4 Å². The van der Waals surface area contributed by atoms with Crippen LogP contribution in [-0.2, 0) is 4.79 Å². The van der Waals surface area contributed by atoms with E-state index < -0.39 is 0 Å². The Balaban J connectivity index is 1.74. The number of thioether (sulfide) groups is 1. The van der Waals surface area contributed by atoms with E-state index in [9.17, 15) is 4.79 Å². The first-order valence-electron chi connectivity index (χ1n) is 8.67. The number of hydrogen-bond acceptors (Lipinski definition) is 5. The summed E-state index contributed by atoms with van der Waals surface area (Å²) < 4.78 is 10.6. The van der Waals surface area contributed by atoms with Crippen molar-refractivity contribution in [2.75, 3.05) is 37.5 Å². The van der Waals surface area contributed by atoms with Crippen LogP contribution in [-0.4, -0.2) is 38.5 Å². The van der Waals surface area contributed by atoms with Crippen LogP contribution >= 0.6 is 11.8 Å². The number of benzene rings is 2. The Hall–Kier alpha value is -2.34. The summed E-state index contributed by atoms with van der Waals surface area (Å²) in [6, 6.07) is 13.6. The van der Waals surface area contributed by atoms with Gasteiger partial charge in [-0.1, -0.05) is 19.1 Å². The van der Waals surface area contributed by atoms with Crippen LogP contribution in [0.3, 0.4) is 0 Å². The summed E-state index contributed by atoms with van der Waals surface area (Å²) in [4.78, 5) is 16.1. The molecule has 1 atom stereocenters. The van der Waals surface area contributed by atoms with E-state index in [-0.39, 0.29) is 5.91 Å². The van der Waals surface area contributed by atoms with E-state index in [1.807, 2.05) is 23.9 Å². The summed E-state index contributed by atoms with van der Waals surface area (Å²) in [5.74, 6) is 1.20. The van der Waals surface area contributed by atoms with Gasteiger partial charge in [-0.25, -0.2) is 0 Å². The lowest BCUT2D eigenvalue weighted by molar-refractivity contribution is -0.115. The van der Waals surface area contributed by atoms with E-state index in [4.69, 9.17) is 9.47 Å². The van der Waals surface area contributed by atoms with Crippen molar-refractivity contribution in [3.05, 3.63) is 42.5 Å². The molecule has 1 amide bonds. The zero-order valence-corrected chi connectivity index (χ0v) is 16.1. The van der Waals surface area contributed by atoms with Gasteiger partial charge >= 0.3 is 0 Å². The van der Waals surface area contributed by atoms with Crippen LogP contribution in [0.4, 0.5) is 11.4 Å². The average Bonchev–Trinajstić information content (AvgIpc) is 2.68. The van der Waals surface area contributed by atoms with Gasteiger partial charge in [0.1, 0.15) is 11.5 Å². The van der Waals surface area contributed by atoms with Gasteiger partial charge in [0.2, 0.25) is 5.91 Å². The molecule has 0 bridgehead atoms. The van der Waals surface area contributed by atoms with Crippen molar-refractivity contribution >= 4 is 29.0 Å². The second-order valence-corrected chi connectivity index (χ2v) is 7.45. The van der Waals surface area contributed by atoms with Crippen molar-refractivity contribution in [3.63, 3.8) is 0 Å². The fourth-order valence-electron chi connectivity index (χ4n) is 3.01. The van der Waals surface area contributed by atoms with Crippen LogP contribution in [0.2, 0.25) is 0 Å². The first-order valence-corrected chi connectivity index (χ1v) is 9.55. The molecule has 1 N–H and O–H groups in total. The summed E-state index contributed by atoms with van der Waals surface area (Å²) in [5.41, 5.74) is 1.77. The average molecular weight is 372 g/mol. The third kappa shape index (κ3) is 4.07. The number of ether oxygens (including phenoxy) is 2. The maximum atomic E-state index is 12.7. The topological polar surface area (TPSA) is 50.8 Å². The van der Waals surface area contributed by atoms with Crippen LogP contribution in [0.25, 0.3) is 0 Å². The van der Waals surface area contributed by atoms with Crippen LogP contribution in [0.5, 0.6) is 11.5 Å². The Labute approximate surface area is 158 Å². The third-order valence-corrected chi connectivity index (χ3v) is 5.81. The standard InChI is InChI=1S/C20H24N2O3S/c1-4-15-12-22(17-7-5-6-8-19(17)26-15)13-20(23)21-16-10-9-14(24-2)11-18(16)25-3/h5-11,15H,4,12-13H2,1-3H3,(H,21,23)/t15-/m1/s1. The number of fused-ring (bicyclic) bond motifs is 1. The Morgan fingerprint density at radius 1 is 1.23 bits per heavy atom. The number of hydrogen-bond donors (Lipinski definition) is 1. The Kier molecular flexibility index (Phi) is 5.93. The SMILES string of the molecule is CC[C@@H]1CN(CC(=O)Nc2ccc(OC)cc2OC)c2ccccc2S1. The van der Waals surface area contributed by atoms with Gasteiger partial charge in [0.05, 0.1) is 32.1 Å². The number of carbonyl (C=O) groups is 1. The molecule has 0 fully saturated rings. The maximum absolute atomic E-state index is 12.7. The van der Waals surface area contributed by atoms with Gasteiger partial charge in [-0.2, -0.15) is 0 Å². The molecule has 138 valence electrons. The highest BCUT2D eigenvalue weighted by Gasteiger charge is 2.25. The molecular formula is C20H24N2O3S. The summed E-state index contributed by atoms with van der Waals surface area (Å²) in [7, 11) is 3.18. The van der Waals surface area contributed by atoms with Gasteiger partial charge in [0.15, 0.2) is 0 Å². The first kappa shape index (κ1) is 18.5. The first-order chi connectivity index (χ1) is 12.6. The quantitative estimate of drug-likeness (QED) is 0.830. The highest BCUT2D eigenvalue weighted by Crippen LogP contribution is 2.39. The van der Waals surface area contributed by atoms with E-state index in [0.717, 1.165) is 18.7 Å². The Morgan fingerprint density at radius 3 is 2.77 bits per heavy atom. The lowest BCUT2D eigenvalue weighted by Crippen LogP contribution is -2.40. The van der Waals surface area contributed by atoms with Crippen LogP contribution in [0.1, 0.15) is 13.3 Å². The lowest BCUT2D eigenvalue weighted by atomic mass is 10.2. The molecule has 0 radical (unpaired) electrons. The van der Waals surface area contributed by atoms with Crippen molar-refractivity contribution in [3.8, 4) is 11.5 Å². The molecule has 1 aliphatic heterocycles. The highest BCUT2D eigenvalue weighted by atomic mass is 32.2. The minimum absolute atomic E-state index is 0.0648. The fourth-order valence-corrected chi connectivity index (χ4v) is 4.26. The van der Waals surface area contributed by atoms with Gasteiger partial charge < -0.3 is 19.7 Å². The predicted octanol–water partition coefficient (Wildman–Crippen LogP) is 4.03. The molecule has 0 saturated carbocycles. The number of carbonyl (C=O) groups excluding carboxylic acids is 1. The van der Waals surface area contributed by atoms with Crippen molar-refractivity contribution in [1.82, 2.24) is 0 Å². The van der Waals surface area contributed by atoms with E-state index in [1.54, 1.807) is 32.4 Å². The molecule has 26 heavy (non-hydrogen) atoms. The molecule has 1 heterocycles. The van der Waals surface area contributed by atoms with Crippen LogP contribution < -0.4 is 19.7 Å². The monoisotopic (exact) mass is 372 g/mol. The van der Waals surface area contributed by atoms with Gasteiger partial charge in [-0.15, -0.1) is 11.8 Å². The molecule has 5 nitrogen and oxygen atoms in total.